The number of rotatable bonds is 7. The molecule has 1 aliphatic rings. The van der Waals surface area contributed by atoms with E-state index in [-0.39, 0.29) is 11.6 Å². The highest BCUT2D eigenvalue weighted by atomic mass is 19.1. The van der Waals surface area contributed by atoms with Crippen LogP contribution < -0.4 is 10.1 Å². The Labute approximate surface area is 206 Å². The maximum absolute atomic E-state index is 14.7. The normalized spacial score (nSPS) is 16.2. The number of benzene rings is 4. The molecular formula is C31H32FNO2. The molecule has 1 fully saturated rings. The number of fused-ring (bicyclic) bond motifs is 1. The summed E-state index contributed by atoms with van der Waals surface area (Å²) in [4.78, 5) is 0. The van der Waals surface area contributed by atoms with Crippen LogP contribution in [-0.4, -0.2) is 24.3 Å². The standard InChI is InChI=1S/C31H32FNO2/c32-31-8-4-3-7-29(31)28-15-11-23-21-25(34)12-16-27(23)30(28)20-22-9-13-26(14-10-22)35-19-17-24-6-2-1-5-18-33-24/h3-4,7-16,21,24,33-34H,1-2,5-6,17-20H2. The van der Waals surface area contributed by atoms with Crippen LogP contribution in [0.1, 0.15) is 43.2 Å². The van der Waals surface area contributed by atoms with Crippen molar-refractivity contribution in [2.75, 3.05) is 13.2 Å². The molecule has 5 rings (SSSR count). The van der Waals surface area contributed by atoms with Gasteiger partial charge in [0.15, 0.2) is 0 Å². The molecule has 1 saturated heterocycles. The molecule has 0 amide bonds. The van der Waals surface area contributed by atoms with Crippen molar-refractivity contribution in [1.82, 2.24) is 5.32 Å². The molecule has 3 nitrogen and oxygen atoms in total. The van der Waals surface area contributed by atoms with Gasteiger partial charge in [0, 0.05) is 11.6 Å². The molecule has 1 heterocycles. The van der Waals surface area contributed by atoms with Crippen LogP contribution in [0, 0.1) is 5.82 Å². The highest BCUT2D eigenvalue weighted by molar-refractivity contribution is 5.93. The summed E-state index contributed by atoms with van der Waals surface area (Å²) in [5, 5.41) is 15.5. The third kappa shape index (κ3) is 5.66. The fraction of sp³-hybridized carbons (Fsp3) is 0.290. The number of ether oxygens (including phenoxy) is 1. The van der Waals surface area contributed by atoms with Crippen LogP contribution in [0.3, 0.4) is 0 Å². The van der Waals surface area contributed by atoms with E-state index in [1.807, 2.05) is 42.5 Å². The second-order valence-electron chi connectivity index (χ2n) is 9.44. The monoisotopic (exact) mass is 469 g/mol. The summed E-state index contributed by atoms with van der Waals surface area (Å²) in [6.45, 7) is 1.82. The fourth-order valence-electron chi connectivity index (χ4n) is 5.08. The van der Waals surface area contributed by atoms with Crippen molar-refractivity contribution in [3.63, 3.8) is 0 Å². The first-order valence-corrected chi connectivity index (χ1v) is 12.6. The van der Waals surface area contributed by atoms with Gasteiger partial charge in [-0.05, 0) is 90.0 Å². The minimum absolute atomic E-state index is 0.225. The number of aromatic hydroxyl groups is 1. The van der Waals surface area contributed by atoms with Crippen LogP contribution >= 0.6 is 0 Å². The molecule has 0 radical (unpaired) electrons. The van der Waals surface area contributed by atoms with Gasteiger partial charge in [-0.1, -0.05) is 61.4 Å². The Hall–Kier alpha value is -3.37. The van der Waals surface area contributed by atoms with Crippen molar-refractivity contribution in [3.05, 3.63) is 95.8 Å². The molecule has 0 saturated carbocycles. The van der Waals surface area contributed by atoms with E-state index in [4.69, 9.17) is 4.74 Å². The molecule has 1 unspecified atom stereocenters. The first-order valence-electron chi connectivity index (χ1n) is 12.6. The molecular weight excluding hydrogens is 437 g/mol. The smallest absolute Gasteiger partial charge is 0.131 e. The molecule has 4 heteroatoms. The maximum Gasteiger partial charge on any atom is 0.131 e. The predicted octanol–water partition coefficient (Wildman–Crippen LogP) is 7.24. The maximum atomic E-state index is 14.7. The topological polar surface area (TPSA) is 41.5 Å². The fourth-order valence-corrected chi connectivity index (χ4v) is 5.08. The Morgan fingerprint density at radius 1 is 0.886 bits per heavy atom. The van der Waals surface area contributed by atoms with Crippen molar-refractivity contribution in [2.45, 2.75) is 44.6 Å². The summed E-state index contributed by atoms with van der Waals surface area (Å²) in [5.74, 6) is 0.862. The second kappa shape index (κ2) is 10.9. The van der Waals surface area contributed by atoms with Crippen LogP contribution in [0.4, 0.5) is 4.39 Å². The largest absolute Gasteiger partial charge is 0.508 e. The van der Waals surface area contributed by atoms with Crippen LogP contribution in [0.2, 0.25) is 0 Å². The van der Waals surface area contributed by atoms with E-state index in [9.17, 15) is 9.50 Å². The summed E-state index contributed by atoms with van der Waals surface area (Å²) >= 11 is 0. The van der Waals surface area contributed by atoms with E-state index in [1.165, 1.54) is 31.7 Å². The zero-order valence-electron chi connectivity index (χ0n) is 20.0. The second-order valence-corrected chi connectivity index (χ2v) is 9.44. The van der Waals surface area contributed by atoms with Gasteiger partial charge in [0.1, 0.15) is 17.3 Å². The summed E-state index contributed by atoms with van der Waals surface area (Å²) < 4.78 is 20.8. The zero-order valence-corrected chi connectivity index (χ0v) is 20.0. The highest BCUT2D eigenvalue weighted by Crippen LogP contribution is 2.35. The summed E-state index contributed by atoms with van der Waals surface area (Å²) in [7, 11) is 0. The molecule has 180 valence electrons. The highest BCUT2D eigenvalue weighted by Gasteiger charge is 2.15. The zero-order chi connectivity index (χ0) is 24.0. The molecule has 35 heavy (non-hydrogen) atoms. The van der Waals surface area contributed by atoms with E-state index in [2.05, 4.69) is 17.4 Å². The minimum atomic E-state index is -0.237. The van der Waals surface area contributed by atoms with Crippen molar-refractivity contribution in [2.24, 2.45) is 0 Å². The van der Waals surface area contributed by atoms with Crippen LogP contribution in [0.5, 0.6) is 11.5 Å². The molecule has 2 N–H and O–H groups in total. The number of phenolic OH excluding ortho intramolecular Hbond substituents is 1. The van der Waals surface area contributed by atoms with Gasteiger partial charge in [0.2, 0.25) is 0 Å². The number of hydrogen-bond donors (Lipinski definition) is 2. The molecule has 0 aliphatic carbocycles. The number of phenols is 1. The molecule has 1 atom stereocenters. The van der Waals surface area contributed by atoms with Crippen molar-refractivity contribution >= 4 is 10.8 Å². The summed E-state index contributed by atoms with van der Waals surface area (Å²) in [6, 6.07) is 24.9. The Bertz CT molecular complexity index is 1280. The number of hydrogen-bond acceptors (Lipinski definition) is 3. The van der Waals surface area contributed by atoms with Gasteiger partial charge >= 0.3 is 0 Å². The minimum Gasteiger partial charge on any atom is -0.508 e. The first kappa shape index (κ1) is 23.4. The van der Waals surface area contributed by atoms with E-state index in [0.29, 0.717) is 24.6 Å². The first-order chi connectivity index (χ1) is 17.2. The number of nitrogens with one attached hydrogen (secondary N) is 1. The van der Waals surface area contributed by atoms with E-state index in [0.717, 1.165) is 46.2 Å². The quantitative estimate of drug-likeness (QED) is 0.300. The Kier molecular flexibility index (Phi) is 7.29. The SMILES string of the molecule is Oc1ccc2c(Cc3ccc(OCCC4CCCCCN4)cc3)c(-c3ccccc3F)ccc2c1. The van der Waals surface area contributed by atoms with E-state index in [1.54, 1.807) is 18.2 Å². The van der Waals surface area contributed by atoms with Gasteiger partial charge < -0.3 is 15.2 Å². The summed E-state index contributed by atoms with van der Waals surface area (Å²) in [6.07, 6.45) is 6.80. The van der Waals surface area contributed by atoms with Gasteiger partial charge in [0.25, 0.3) is 0 Å². The van der Waals surface area contributed by atoms with Crippen molar-refractivity contribution < 1.29 is 14.2 Å². The van der Waals surface area contributed by atoms with Crippen LogP contribution in [-0.2, 0) is 6.42 Å². The molecule has 0 aromatic heterocycles. The van der Waals surface area contributed by atoms with Gasteiger partial charge in [0.05, 0.1) is 6.61 Å². The lowest BCUT2D eigenvalue weighted by Crippen LogP contribution is -2.29. The Balaban J connectivity index is 1.35. The number of halogens is 1. The molecule has 1 aliphatic heterocycles. The van der Waals surface area contributed by atoms with Gasteiger partial charge in [-0.25, -0.2) is 4.39 Å². The van der Waals surface area contributed by atoms with Crippen molar-refractivity contribution in [3.8, 4) is 22.6 Å². The molecule has 0 bridgehead atoms. The molecule has 4 aromatic carbocycles. The third-order valence-corrected chi connectivity index (χ3v) is 6.98. The van der Waals surface area contributed by atoms with Gasteiger partial charge in [-0.3, -0.25) is 0 Å². The third-order valence-electron chi connectivity index (χ3n) is 6.98. The average molecular weight is 470 g/mol. The van der Waals surface area contributed by atoms with E-state index >= 15 is 0 Å². The van der Waals surface area contributed by atoms with Crippen LogP contribution in [0.15, 0.2) is 78.9 Å². The van der Waals surface area contributed by atoms with E-state index < -0.39 is 0 Å². The van der Waals surface area contributed by atoms with Gasteiger partial charge in [-0.15, -0.1) is 0 Å². The Morgan fingerprint density at radius 3 is 2.60 bits per heavy atom. The lowest BCUT2D eigenvalue weighted by atomic mass is 9.90. The molecule has 0 spiro atoms. The molecule has 4 aromatic rings. The van der Waals surface area contributed by atoms with Crippen LogP contribution in [0.25, 0.3) is 21.9 Å². The van der Waals surface area contributed by atoms with Gasteiger partial charge in [-0.2, -0.15) is 0 Å². The average Bonchev–Trinajstić information content (AvgIpc) is 3.15. The lowest BCUT2D eigenvalue weighted by Gasteiger charge is -2.16. The summed E-state index contributed by atoms with van der Waals surface area (Å²) in [5.41, 5.74) is 3.63. The van der Waals surface area contributed by atoms with Crippen molar-refractivity contribution in [1.29, 1.82) is 0 Å². The Morgan fingerprint density at radius 2 is 1.74 bits per heavy atom. The lowest BCUT2D eigenvalue weighted by molar-refractivity contribution is 0.283. The predicted molar refractivity (Wildman–Crippen MR) is 141 cm³/mol.